The molecule has 2 aliphatic heterocycles. The Morgan fingerprint density at radius 3 is 2.14 bits per heavy atom. The van der Waals surface area contributed by atoms with Gasteiger partial charge < -0.3 is 9.64 Å². The monoisotopic (exact) mass is 417 g/mol. The number of para-hydroxylation sites is 1. The average molecular weight is 418 g/mol. The van der Waals surface area contributed by atoms with E-state index in [0.717, 1.165) is 12.8 Å². The molecular formula is C22H27NO5S. The van der Waals surface area contributed by atoms with E-state index < -0.39 is 14.6 Å². The molecule has 2 heterocycles. The summed E-state index contributed by atoms with van der Waals surface area (Å²) in [7, 11) is -0.117. The van der Waals surface area contributed by atoms with Crippen molar-refractivity contribution in [3.05, 3.63) is 54.6 Å². The zero-order chi connectivity index (χ0) is 20.5. The third kappa shape index (κ3) is 3.80. The molecule has 2 fully saturated rings. The number of ether oxygens (including phenoxy) is 1. The lowest BCUT2D eigenvalue weighted by Gasteiger charge is -2.44. The fourth-order valence-electron chi connectivity index (χ4n) is 4.67. The fraction of sp³-hybridized carbons (Fsp3) is 0.455. The molecule has 4 rings (SSSR count). The molecule has 156 valence electrons. The highest BCUT2D eigenvalue weighted by atomic mass is 32.2. The highest BCUT2D eigenvalue weighted by Gasteiger charge is 2.55. The Kier molecular flexibility index (Phi) is 5.66. The van der Waals surface area contributed by atoms with Crippen LogP contribution < -0.4 is 4.74 Å². The molecule has 0 saturated carbocycles. The first-order chi connectivity index (χ1) is 13.9. The summed E-state index contributed by atoms with van der Waals surface area (Å²) in [6.45, 7) is 0.0366. The van der Waals surface area contributed by atoms with Crippen LogP contribution in [0.2, 0.25) is 0 Å². The quantitative estimate of drug-likeness (QED) is 0.504. The second-order valence-electron chi connectivity index (χ2n) is 7.96. The fourth-order valence-corrected chi connectivity index (χ4v) is 6.69. The maximum atomic E-state index is 13.7. The number of rotatable bonds is 7. The minimum atomic E-state index is -3.62. The molecule has 2 bridgehead atoms. The third-order valence-electron chi connectivity index (χ3n) is 6.32. The second kappa shape index (κ2) is 8.07. The van der Waals surface area contributed by atoms with E-state index in [1.54, 1.807) is 24.3 Å². The van der Waals surface area contributed by atoms with Gasteiger partial charge in [-0.2, -0.15) is 0 Å². The predicted octanol–water partition coefficient (Wildman–Crippen LogP) is 3.83. The molecule has 2 unspecified atom stereocenters. The lowest BCUT2D eigenvalue weighted by Crippen LogP contribution is -2.55. The highest BCUT2D eigenvalue weighted by molar-refractivity contribution is 7.92. The third-order valence-corrected chi connectivity index (χ3v) is 8.81. The van der Waals surface area contributed by atoms with Crippen LogP contribution in [0.25, 0.3) is 0 Å². The number of benzene rings is 2. The maximum Gasteiger partial charge on any atom is 0.186 e. The molecule has 7 heteroatoms. The number of fused-ring (bicyclic) bond motifs is 2. The van der Waals surface area contributed by atoms with Crippen LogP contribution >= 0.6 is 0 Å². The zero-order valence-electron chi connectivity index (χ0n) is 16.8. The summed E-state index contributed by atoms with van der Waals surface area (Å²) in [6, 6.07) is 16.6. The van der Waals surface area contributed by atoms with Crippen molar-refractivity contribution >= 4 is 9.84 Å². The van der Waals surface area contributed by atoms with Gasteiger partial charge in [-0.25, -0.2) is 18.2 Å². The topological polar surface area (TPSA) is 65.1 Å². The molecule has 0 spiro atoms. The van der Waals surface area contributed by atoms with Gasteiger partial charge in [-0.05, 0) is 69.1 Å². The molecule has 2 saturated heterocycles. The van der Waals surface area contributed by atoms with E-state index in [1.807, 2.05) is 30.3 Å². The summed E-state index contributed by atoms with van der Waals surface area (Å²) in [4.78, 5) is 12.6. The lowest BCUT2D eigenvalue weighted by atomic mass is 9.91. The van der Waals surface area contributed by atoms with Crippen molar-refractivity contribution in [2.24, 2.45) is 0 Å². The standard InChI is InChI=1S/C22H27NO5S/c1-23-17-8-9-18(23)15-22(14-17,16-27-26-2)29(24,25)21-12-10-20(11-13-21)28-19-6-4-3-5-7-19/h3-7,10-13,17-18H,8-9,14-16H2,1-2H3. The summed E-state index contributed by atoms with van der Waals surface area (Å²) in [5, 5.41) is 0. The van der Waals surface area contributed by atoms with Gasteiger partial charge in [-0.1, -0.05) is 18.2 Å². The van der Waals surface area contributed by atoms with E-state index in [9.17, 15) is 8.42 Å². The minimum absolute atomic E-state index is 0.0366. The first-order valence-corrected chi connectivity index (χ1v) is 11.4. The molecular weight excluding hydrogens is 390 g/mol. The van der Waals surface area contributed by atoms with Gasteiger partial charge in [0.1, 0.15) is 22.9 Å². The van der Waals surface area contributed by atoms with Crippen LogP contribution in [0.15, 0.2) is 59.5 Å². The molecule has 0 amide bonds. The molecule has 6 nitrogen and oxygen atoms in total. The molecule has 29 heavy (non-hydrogen) atoms. The molecule has 2 atom stereocenters. The Hall–Kier alpha value is -1.93. The summed E-state index contributed by atoms with van der Waals surface area (Å²) in [6.07, 6.45) is 3.15. The first kappa shape index (κ1) is 20.3. The molecule has 2 aromatic carbocycles. The molecule has 0 N–H and O–H groups in total. The minimum Gasteiger partial charge on any atom is -0.457 e. The Balaban J connectivity index is 1.61. The molecule has 0 aromatic heterocycles. The van der Waals surface area contributed by atoms with Gasteiger partial charge in [0.2, 0.25) is 0 Å². The van der Waals surface area contributed by atoms with Crippen molar-refractivity contribution in [2.45, 2.75) is 47.4 Å². The van der Waals surface area contributed by atoms with Crippen LogP contribution in [0, 0.1) is 0 Å². The maximum absolute atomic E-state index is 13.7. The number of nitrogens with zero attached hydrogens (tertiary/aromatic N) is 1. The van der Waals surface area contributed by atoms with E-state index in [1.165, 1.54) is 7.11 Å². The smallest absolute Gasteiger partial charge is 0.186 e. The highest BCUT2D eigenvalue weighted by Crippen LogP contribution is 2.46. The van der Waals surface area contributed by atoms with E-state index in [2.05, 4.69) is 11.9 Å². The number of sulfone groups is 1. The Bertz CT molecular complexity index is 915. The van der Waals surface area contributed by atoms with Gasteiger partial charge in [-0.15, -0.1) is 0 Å². The van der Waals surface area contributed by atoms with Crippen LogP contribution in [-0.4, -0.2) is 50.9 Å². The van der Waals surface area contributed by atoms with Gasteiger partial charge >= 0.3 is 0 Å². The largest absolute Gasteiger partial charge is 0.457 e. The van der Waals surface area contributed by atoms with Crippen molar-refractivity contribution in [2.75, 3.05) is 20.8 Å². The van der Waals surface area contributed by atoms with E-state index in [0.29, 0.717) is 29.2 Å². The Morgan fingerprint density at radius 2 is 1.55 bits per heavy atom. The van der Waals surface area contributed by atoms with E-state index in [4.69, 9.17) is 14.5 Å². The van der Waals surface area contributed by atoms with E-state index in [-0.39, 0.29) is 18.7 Å². The summed E-state index contributed by atoms with van der Waals surface area (Å²) >= 11 is 0. The lowest BCUT2D eigenvalue weighted by molar-refractivity contribution is -0.279. The molecule has 0 radical (unpaired) electrons. The number of hydrogen-bond donors (Lipinski definition) is 0. The van der Waals surface area contributed by atoms with Crippen molar-refractivity contribution in [1.29, 1.82) is 0 Å². The zero-order valence-corrected chi connectivity index (χ0v) is 17.6. The summed E-state index contributed by atoms with van der Waals surface area (Å²) in [5.74, 6) is 1.31. The van der Waals surface area contributed by atoms with Crippen LogP contribution in [0.1, 0.15) is 25.7 Å². The molecule has 0 aliphatic carbocycles. The van der Waals surface area contributed by atoms with Gasteiger partial charge in [0.15, 0.2) is 9.84 Å². The Morgan fingerprint density at radius 1 is 0.966 bits per heavy atom. The van der Waals surface area contributed by atoms with Crippen molar-refractivity contribution in [3.63, 3.8) is 0 Å². The predicted molar refractivity (Wildman–Crippen MR) is 110 cm³/mol. The van der Waals surface area contributed by atoms with Crippen LogP contribution in [0.5, 0.6) is 11.5 Å². The van der Waals surface area contributed by atoms with Crippen molar-refractivity contribution < 1.29 is 22.9 Å². The van der Waals surface area contributed by atoms with Gasteiger partial charge in [0.25, 0.3) is 0 Å². The van der Waals surface area contributed by atoms with Crippen LogP contribution in [0.3, 0.4) is 0 Å². The number of piperidine rings is 1. The summed E-state index contributed by atoms with van der Waals surface area (Å²) < 4.78 is 32.2. The van der Waals surface area contributed by atoms with Crippen molar-refractivity contribution in [1.82, 2.24) is 4.90 Å². The van der Waals surface area contributed by atoms with E-state index >= 15 is 0 Å². The van der Waals surface area contributed by atoms with Gasteiger partial charge in [0.05, 0.1) is 12.0 Å². The molecule has 2 aliphatic rings. The summed E-state index contributed by atoms with van der Waals surface area (Å²) in [5.41, 5.74) is 0. The normalized spacial score (nSPS) is 27.1. The van der Waals surface area contributed by atoms with Crippen LogP contribution in [-0.2, 0) is 19.6 Å². The second-order valence-corrected chi connectivity index (χ2v) is 10.3. The Labute approximate surface area is 172 Å². The van der Waals surface area contributed by atoms with Gasteiger partial charge in [-0.3, -0.25) is 0 Å². The first-order valence-electron chi connectivity index (χ1n) is 9.90. The van der Waals surface area contributed by atoms with Crippen molar-refractivity contribution in [3.8, 4) is 11.5 Å². The SMILES string of the molecule is COOCC1(S(=O)(=O)c2ccc(Oc3ccccc3)cc2)CC2CCC(C1)N2C. The number of hydrogen-bond acceptors (Lipinski definition) is 6. The average Bonchev–Trinajstić information content (AvgIpc) is 2.94. The molecule has 2 aromatic rings. The van der Waals surface area contributed by atoms with Gasteiger partial charge in [0, 0.05) is 12.1 Å². The van der Waals surface area contributed by atoms with Crippen LogP contribution in [0.4, 0.5) is 0 Å².